The third kappa shape index (κ3) is 8.80. The first-order chi connectivity index (χ1) is 14.0. The number of hydrogen-bond donors (Lipinski definition) is 3. The number of para-hydroxylation sites is 1. The normalized spacial score (nSPS) is 10.8. The van der Waals surface area contributed by atoms with Gasteiger partial charge in [0.2, 0.25) is 0 Å². The van der Waals surface area contributed by atoms with E-state index in [-0.39, 0.29) is 36.3 Å². The number of rotatable bonds is 8. The summed E-state index contributed by atoms with van der Waals surface area (Å²) >= 11 is 0. The monoisotopic (exact) mass is 534 g/mol. The minimum Gasteiger partial charge on any atom is -0.453 e. The average Bonchev–Trinajstić information content (AvgIpc) is 2.71. The van der Waals surface area contributed by atoms with E-state index < -0.39 is 12.7 Å². The zero-order valence-corrected chi connectivity index (χ0v) is 19.0. The Morgan fingerprint density at radius 1 is 1.10 bits per heavy atom. The number of carbonyl (C=O) groups excluding carboxylic acids is 1. The second kappa shape index (κ2) is 13.6. The van der Waals surface area contributed by atoms with Gasteiger partial charge in [0.1, 0.15) is 5.75 Å². The van der Waals surface area contributed by atoms with Crippen LogP contribution in [0.1, 0.15) is 18.1 Å². The van der Waals surface area contributed by atoms with Crippen molar-refractivity contribution in [2.45, 2.75) is 26.6 Å². The molecular formula is C20H25F2IN4O3. The zero-order chi connectivity index (χ0) is 21.1. The maximum Gasteiger partial charge on any atom is 0.411 e. The quantitative estimate of drug-likeness (QED) is 0.267. The average molecular weight is 534 g/mol. The predicted octanol–water partition coefficient (Wildman–Crippen LogP) is 4.34. The Kier molecular flexibility index (Phi) is 11.5. The van der Waals surface area contributed by atoms with E-state index in [9.17, 15) is 13.6 Å². The van der Waals surface area contributed by atoms with Gasteiger partial charge in [-0.25, -0.2) is 9.79 Å². The van der Waals surface area contributed by atoms with Crippen LogP contribution >= 0.6 is 24.0 Å². The van der Waals surface area contributed by atoms with E-state index in [0.717, 1.165) is 5.56 Å². The maximum atomic E-state index is 12.5. The van der Waals surface area contributed by atoms with E-state index in [4.69, 9.17) is 0 Å². The SMILES string of the molecule is CCNC(=NCc1ccc(NC(=O)OC)cc1)NCc1ccccc1OC(F)F.I. The van der Waals surface area contributed by atoms with Crippen molar-refractivity contribution >= 4 is 41.7 Å². The topological polar surface area (TPSA) is 84.0 Å². The number of halogens is 3. The van der Waals surface area contributed by atoms with E-state index in [0.29, 0.717) is 30.3 Å². The fourth-order valence-corrected chi connectivity index (χ4v) is 2.41. The van der Waals surface area contributed by atoms with Crippen molar-refractivity contribution in [3.05, 3.63) is 59.7 Å². The summed E-state index contributed by atoms with van der Waals surface area (Å²) in [5.74, 6) is 0.663. The van der Waals surface area contributed by atoms with Crippen LogP contribution in [0.5, 0.6) is 5.75 Å². The van der Waals surface area contributed by atoms with Gasteiger partial charge in [-0.1, -0.05) is 30.3 Å². The molecular weight excluding hydrogens is 509 g/mol. The molecule has 0 spiro atoms. The molecule has 0 radical (unpaired) electrons. The Hall–Kier alpha value is -2.63. The second-order valence-electron chi connectivity index (χ2n) is 5.85. The molecule has 0 saturated heterocycles. The molecule has 0 aromatic heterocycles. The number of anilines is 1. The lowest BCUT2D eigenvalue weighted by Gasteiger charge is -2.14. The number of guanidine groups is 1. The summed E-state index contributed by atoms with van der Waals surface area (Å²) in [6.45, 7) is 0.357. The standard InChI is InChI=1S/C20H24F2N4O3.HI/c1-3-23-19(25-13-15-6-4-5-7-17(15)29-18(21)22)24-12-14-8-10-16(11-9-14)26-20(27)28-2;/h4-11,18H,3,12-13H2,1-2H3,(H,26,27)(H2,23,24,25);1H. The number of amides is 1. The van der Waals surface area contributed by atoms with Gasteiger partial charge in [-0.3, -0.25) is 5.32 Å². The van der Waals surface area contributed by atoms with Crippen LogP contribution in [-0.4, -0.2) is 32.3 Å². The first kappa shape index (κ1) is 25.4. The molecule has 2 aromatic rings. The maximum absolute atomic E-state index is 12.5. The number of ether oxygens (including phenoxy) is 2. The van der Waals surface area contributed by atoms with Crippen molar-refractivity contribution < 1.29 is 23.0 Å². The summed E-state index contributed by atoms with van der Waals surface area (Å²) in [5, 5.41) is 8.79. The molecule has 2 aromatic carbocycles. The van der Waals surface area contributed by atoms with Crippen molar-refractivity contribution in [2.24, 2.45) is 4.99 Å². The third-order valence-electron chi connectivity index (χ3n) is 3.78. The summed E-state index contributed by atoms with van der Waals surface area (Å²) < 4.78 is 34.2. The van der Waals surface area contributed by atoms with E-state index in [2.05, 4.69) is 30.4 Å². The first-order valence-corrected chi connectivity index (χ1v) is 9.00. The molecule has 30 heavy (non-hydrogen) atoms. The molecule has 164 valence electrons. The summed E-state index contributed by atoms with van der Waals surface area (Å²) in [4.78, 5) is 15.7. The molecule has 0 atom stereocenters. The smallest absolute Gasteiger partial charge is 0.411 e. The van der Waals surface area contributed by atoms with E-state index in [1.807, 2.05) is 19.1 Å². The molecule has 2 rings (SSSR count). The molecule has 0 saturated carbocycles. The predicted molar refractivity (Wildman–Crippen MR) is 123 cm³/mol. The molecule has 1 amide bonds. The van der Waals surface area contributed by atoms with Crippen molar-refractivity contribution in [1.29, 1.82) is 0 Å². The molecule has 0 aliphatic heterocycles. The Labute approximate surface area is 191 Å². The molecule has 0 aliphatic rings. The molecule has 0 fully saturated rings. The largest absolute Gasteiger partial charge is 0.453 e. The van der Waals surface area contributed by atoms with Crippen LogP contribution in [-0.2, 0) is 17.8 Å². The van der Waals surface area contributed by atoms with Crippen molar-refractivity contribution in [3.63, 3.8) is 0 Å². The minimum absolute atomic E-state index is 0. The van der Waals surface area contributed by atoms with Crippen molar-refractivity contribution in [3.8, 4) is 5.75 Å². The highest BCUT2D eigenvalue weighted by atomic mass is 127. The van der Waals surface area contributed by atoms with E-state index in [1.165, 1.54) is 13.2 Å². The van der Waals surface area contributed by atoms with Crippen LogP contribution in [0.4, 0.5) is 19.3 Å². The first-order valence-electron chi connectivity index (χ1n) is 9.00. The van der Waals surface area contributed by atoms with Gasteiger partial charge < -0.3 is 20.1 Å². The fourth-order valence-electron chi connectivity index (χ4n) is 2.41. The number of aliphatic imine (C=N–C) groups is 1. The number of methoxy groups -OCH3 is 1. The van der Waals surface area contributed by atoms with E-state index >= 15 is 0 Å². The molecule has 3 N–H and O–H groups in total. The minimum atomic E-state index is -2.88. The second-order valence-corrected chi connectivity index (χ2v) is 5.85. The van der Waals surface area contributed by atoms with Gasteiger partial charge in [0.15, 0.2) is 5.96 Å². The zero-order valence-electron chi connectivity index (χ0n) is 16.7. The Morgan fingerprint density at radius 3 is 2.43 bits per heavy atom. The van der Waals surface area contributed by atoms with Crippen LogP contribution in [0.2, 0.25) is 0 Å². The number of nitrogens with one attached hydrogen (secondary N) is 3. The summed E-state index contributed by atoms with van der Waals surface area (Å²) in [5.41, 5.74) is 2.14. The van der Waals surface area contributed by atoms with Crippen molar-refractivity contribution in [2.75, 3.05) is 19.0 Å². The van der Waals surface area contributed by atoms with Crippen LogP contribution in [0, 0.1) is 0 Å². The lowest BCUT2D eigenvalue weighted by molar-refractivity contribution is -0.0504. The van der Waals surface area contributed by atoms with Gasteiger partial charge in [0.25, 0.3) is 0 Å². The molecule has 10 heteroatoms. The van der Waals surface area contributed by atoms with Gasteiger partial charge in [0.05, 0.1) is 13.7 Å². The molecule has 0 heterocycles. The Balaban J connectivity index is 0.00000450. The van der Waals surface area contributed by atoms with Crippen LogP contribution in [0.15, 0.2) is 53.5 Å². The number of carbonyl (C=O) groups is 1. The van der Waals surface area contributed by atoms with Crippen LogP contribution < -0.4 is 20.7 Å². The number of benzene rings is 2. The highest BCUT2D eigenvalue weighted by Gasteiger charge is 2.09. The van der Waals surface area contributed by atoms with Crippen LogP contribution in [0.25, 0.3) is 0 Å². The Bertz CT molecular complexity index is 820. The number of alkyl halides is 2. The lowest BCUT2D eigenvalue weighted by atomic mass is 10.2. The molecule has 0 bridgehead atoms. The van der Waals surface area contributed by atoms with Gasteiger partial charge in [-0.05, 0) is 30.7 Å². The van der Waals surface area contributed by atoms with Crippen LogP contribution in [0.3, 0.4) is 0 Å². The highest BCUT2D eigenvalue weighted by molar-refractivity contribution is 14.0. The summed E-state index contributed by atoms with van der Waals surface area (Å²) in [6, 6.07) is 13.8. The van der Waals surface area contributed by atoms with Gasteiger partial charge in [0, 0.05) is 24.3 Å². The van der Waals surface area contributed by atoms with Gasteiger partial charge in [-0.2, -0.15) is 8.78 Å². The fraction of sp³-hybridized carbons (Fsp3) is 0.300. The third-order valence-corrected chi connectivity index (χ3v) is 3.78. The highest BCUT2D eigenvalue weighted by Crippen LogP contribution is 2.20. The number of hydrogen-bond acceptors (Lipinski definition) is 4. The molecule has 0 aliphatic carbocycles. The number of nitrogens with zero attached hydrogens (tertiary/aromatic N) is 1. The van der Waals surface area contributed by atoms with Crippen molar-refractivity contribution in [1.82, 2.24) is 10.6 Å². The van der Waals surface area contributed by atoms with Gasteiger partial charge in [-0.15, -0.1) is 24.0 Å². The lowest BCUT2D eigenvalue weighted by Crippen LogP contribution is -2.36. The molecule has 7 nitrogen and oxygen atoms in total. The van der Waals surface area contributed by atoms with E-state index in [1.54, 1.807) is 30.3 Å². The Morgan fingerprint density at radius 2 is 1.80 bits per heavy atom. The summed E-state index contributed by atoms with van der Waals surface area (Å²) in [6.07, 6.45) is -0.537. The molecule has 0 unspecified atom stereocenters. The van der Waals surface area contributed by atoms with Gasteiger partial charge >= 0.3 is 12.7 Å². The summed E-state index contributed by atoms with van der Waals surface area (Å²) in [7, 11) is 1.30.